The van der Waals surface area contributed by atoms with E-state index in [1.807, 2.05) is 6.07 Å². The van der Waals surface area contributed by atoms with Gasteiger partial charge in [-0.1, -0.05) is 26.2 Å². The van der Waals surface area contributed by atoms with Crippen molar-refractivity contribution in [3.8, 4) is 0 Å². The van der Waals surface area contributed by atoms with Gasteiger partial charge >= 0.3 is 0 Å². The molecule has 0 spiro atoms. The molecule has 1 fully saturated rings. The minimum absolute atomic E-state index is 0.115. The average Bonchev–Trinajstić information content (AvgIpc) is 2.94. The van der Waals surface area contributed by atoms with Gasteiger partial charge in [-0.2, -0.15) is 0 Å². The van der Waals surface area contributed by atoms with Gasteiger partial charge in [-0.25, -0.2) is 13.1 Å². The molecule has 0 atom stereocenters. The summed E-state index contributed by atoms with van der Waals surface area (Å²) >= 11 is 0. The third-order valence-electron chi connectivity index (χ3n) is 4.85. The molecule has 21 heavy (non-hydrogen) atoms. The third-order valence-corrected chi connectivity index (χ3v) is 6.25. The molecule has 4 nitrogen and oxygen atoms in total. The molecule has 0 radical (unpaired) electrons. The molecule has 2 aliphatic rings. The zero-order valence-electron chi connectivity index (χ0n) is 12.6. The standard InChI is InChI=1S/C16H24N2O2S/c1-16(8-3-2-4-9-16)12-18-21(19,20)14-5-6-15-13(11-14)7-10-17-15/h5-6,11,17-18H,2-4,7-10,12H2,1H3. The number of anilines is 1. The highest BCUT2D eigenvalue weighted by Gasteiger charge is 2.29. The van der Waals surface area contributed by atoms with E-state index in [0.717, 1.165) is 37.1 Å². The summed E-state index contributed by atoms with van der Waals surface area (Å²) in [7, 11) is -3.40. The average molecular weight is 308 g/mol. The molecule has 3 rings (SSSR count). The lowest BCUT2D eigenvalue weighted by molar-refractivity contribution is 0.219. The lowest BCUT2D eigenvalue weighted by Gasteiger charge is -2.33. The molecule has 0 bridgehead atoms. The van der Waals surface area contributed by atoms with Crippen molar-refractivity contribution >= 4 is 15.7 Å². The summed E-state index contributed by atoms with van der Waals surface area (Å²) < 4.78 is 27.8. The van der Waals surface area contributed by atoms with Gasteiger partial charge in [0.25, 0.3) is 0 Å². The summed E-state index contributed by atoms with van der Waals surface area (Å²) in [5, 5.41) is 3.25. The van der Waals surface area contributed by atoms with E-state index in [1.165, 1.54) is 19.3 Å². The van der Waals surface area contributed by atoms with Crippen LogP contribution in [0.25, 0.3) is 0 Å². The van der Waals surface area contributed by atoms with Crippen LogP contribution in [0.3, 0.4) is 0 Å². The SMILES string of the molecule is CC1(CNS(=O)(=O)c2ccc3c(c2)CCN3)CCCCC1. The number of sulfonamides is 1. The van der Waals surface area contributed by atoms with Crippen LogP contribution in [0.15, 0.2) is 23.1 Å². The van der Waals surface area contributed by atoms with Crippen LogP contribution in [0.2, 0.25) is 0 Å². The number of benzene rings is 1. The van der Waals surface area contributed by atoms with Crippen LogP contribution in [0, 0.1) is 5.41 Å². The van der Waals surface area contributed by atoms with E-state index in [4.69, 9.17) is 0 Å². The summed E-state index contributed by atoms with van der Waals surface area (Å²) in [6.07, 6.45) is 6.83. The normalized spacial score (nSPS) is 20.8. The van der Waals surface area contributed by atoms with Crippen LogP contribution in [0.1, 0.15) is 44.6 Å². The molecular formula is C16H24N2O2S. The highest BCUT2D eigenvalue weighted by Crippen LogP contribution is 2.35. The molecule has 116 valence electrons. The minimum atomic E-state index is -3.40. The quantitative estimate of drug-likeness (QED) is 0.899. The van der Waals surface area contributed by atoms with Gasteiger partial charge in [0.05, 0.1) is 4.90 Å². The Labute approximate surface area is 127 Å². The zero-order chi connectivity index (χ0) is 14.9. The molecule has 1 heterocycles. The Kier molecular flexibility index (Phi) is 3.97. The van der Waals surface area contributed by atoms with Crippen molar-refractivity contribution < 1.29 is 8.42 Å². The summed E-state index contributed by atoms with van der Waals surface area (Å²) in [4.78, 5) is 0.393. The van der Waals surface area contributed by atoms with Crippen LogP contribution in [0.5, 0.6) is 0 Å². The Bertz CT molecular complexity index is 619. The first-order chi connectivity index (χ1) is 9.99. The first-order valence-corrected chi connectivity index (χ1v) is 9.33. The van der Waals surface area contributed by atoms with Crippen molar-refractivity contribution in [1.82, 2.24) is 4.72 Å². The van der Waals surface area contributed by atoms with Crippen LogP contribution in [0.4, 0.5) is 5.69 Å². The molecule has 2 N–H and O–H groups in total. The van der Waals surface area contributed by atoms with Crippen molar-refractivity contribution in [3.63, 3.8) is 0 Å². The summed E-state index contributed by atoms with van der Waals surface area (Å²) in [6.45, 7) is 3.64. The van der Waals surface area contributed by atoms with Gasteiger partial charge in [0.2, 0.25) is 10.0 Å². The lowest BCUT2D eigenvalue weighted by atomic mass is 9.76. The number of hydrogen-bond donors (Lipinski definition) is 2. The Balaban J connectivity index is 1.72. The second kappa shape index (κ2) is 5.61. The highest BCUT2D eigenvalue weighted by atomic mass is 32.2. The fourth-order valence-corrected chi connectivity index (χ4v) is 4.63. The summed E-state index contributed by atoms with van der Waals surface area (Å²) in [5.41, 5.74) is 2.28. The topological polar surface area (TPSA) is 58.2 Å². The molecule has 1 aliphatic carbocycles. The number of fused-ring (bicyclic) bond motifs is 1. The fraction of sp³-hybridized carbons (Fsp3) is 0.625. The molecule has 0 aromatic heterocycles. The Morgan fingerprint density at radius 1 is 1.24 bits per heavy atom. The molecular weight excluding hydrogens is 284 g/mol. The molecule has 1 aromatic carbocycles. The Hall–Kier alpha value is -1.07. The lowest BCUT2D eigenvalue weighted by Crippen LogP contribution is -2.37. The van der Waals surface area contributed by atoms with Gasteiger partial charge in [0, 0.05) is 18.8 Å². The third kappa shape index (κ3) is 3.24. The maximum absolute atomic E-state index is 12.5. The van der Waals surface area contributed by atoms with Gasteiger partial charge in [-0.05, 0) is 48.4 Å². The van der Waals surface area contributed by atoms with Crippen molar-refractivity contribution in [3.05, 3.63) is 23.8 Å². The molecule has 0 unspecified atom stereocenters. The van der Waals surface area contributed by atoms with E-state index in [-0.39, 0.29) is 5.41 Å². The van der Waals surface area contributed by atoms with E-state index in [9.17, 15) is 8.42 Å². The molecule has 1 saturated carbocycles. The summed E-state index contributed by atoms with van der Waals surface area (Å²) in [6, 6.07) is 5.38. The van der Waals surface area contributed by atoms with Crippen molar-refractivity contribution in [2.24, 2.45) is 5.41 Å². The first-order valence-electron chi connectivity index (χ1n) is 7.85. The molecule has 0 amide bonds. The predicted octanol–water partition coefficient (Wildman–Crippen LogP) is 2.90. The maximum Gasteiger partial charge on any atom is 0.240 e. The van der Waals surface area contributed by atoms with Gasteiger partial charge in [0.1, 0.15) is 0 Å². The second-order valence-electron chi connectivity index (χ2n) is 6.69. The van der Waals surface area contributed by atoms with Crippen molar-refractivity contribution in [1.29, 1.82) is 0 Å². The van der Waals surface area contributed by atoms with Gasteiger partial charge in [-0.15, -0.1) is 0 Å². The Morgan fingerprint density at radius 3 is 2.76 bits per heavy atom. The largest absolute Gasteiger partial charge is 0.384 e. The van der Waals surface area contributed by atoms with E-state index in [0.29, 0.717) is 11.4 Å². The molecule has 5 heteroatoms. The first kappa shape index (κ1) is 14.9. The fourth-order valence-electron chi connectivity index (χ4n) is 3.38. The van der Waals surface area contributed by atoms with E-state index >= 15 is 0 Å². The molecule has 1 aromatic rings. The molecule has 1 aliphatic heterocycles. The van der Waals surface area contributed by atoms with E-state index in [2.05, 4.69) is 17.0 Å². The van der Waals surface area contributed by atoms with Crippen LogP contribution in [-0.2, 0) is 16.4 Å². The van der Waals surface area contributed by atoms with E-state index < -0.39 is 10.0 Å². The van der Waals surface area contributed by atoms with Gasteiger partial charge in [-0.3, -0.25) is 0 Å². The van der Waals surface area contributed by atoms with Crippen LogP contribution in [-0.4, -0.2) is 21.5 Å². The molecule has 0 saturated heterocycles. The Morgan fingerprint density at radius 2 is 2.00 bits per heavy atom. The predicted molar refractivity (Wildman–Crippen MR) is 85.0 cm³/mol. The van der Waals surface area contributed by atoms with Gasteiger partial charge < -0.3 is 5.32 Å². The summed E-state index contributed by atoms with van der Waals surface area (Å²) in [5.74, 6) is 0. The van der Waals surface area contributed by atoms with Crippen molar-refractivity contribution in [2.45, 2.75) is 50.3 Å². The van der Waals surface area contributed by atoms with Crippen LogP contribution >= 0.6 is 0 Å². The maximum atomic E-state index is 12.5. The zero-order valence-corrected chi connectivity index (χ0v) is 13.4. The second-order valence-corrected chi connectivity index (χ2v) is 8.46. The minimum Gasteiger partial charge on any atom is -0.384 e. The number of nitrogens with one attached hydrogen (secondary N) is 2. The highest BCUT2D eigenvalue weighted by molar-refractivity contribution is 7.89. The van der Waals surface area contributed by atoms with Gasteiger partial charge in [0.15, 0.2) is 0 Å². The number of hydrogen-bond acceptors (Lipinski definition) is 3. The smallest absolute Gasteiger partial charge is 0.240 e. The van der Waals surface area contributed by atoms with Crippen molar-refractivity contribution in [2.75, 3.05) is 18.4 Å². The van der Waals surface area contributed by atoms with Crippen LogP contribution < -0.4 is 10.0 Å². The number of rotatable bonds is 4. The monoisotopic (exact) mass is 308 g/mol. The van der Waals surface area contributed by atoms with E-state index in [1.54, 1.807) is 12.1 Å².